The molecule has 3 heterocycles. The largest absolute Gasteiger partial charge is 0.496 e. The first-order valence-corrected chi connectivity index (χ1v) is 15.4. The standard InChI is InChI=1S/C26H23N3O3.C9H14N2S/c1-32-24-13-12-19(16-22(24)20-8-4-2-5-9-20)17-27-23-18-28-25(21-10-6-3-7-11-21)29(14-15-30)26(23)31;1-10-6-8-4-7-5-11-3-2-9(7)12-8/h2-13,15-16,18,27H,14,17H2,1H3;4,10-11H,2-3,5-6H2,1H3. The third-order valence-electron chi connectivity index (χ3n) is 7.31. The third-order valence-corrected chi connectivity index (χ3v) is 8.55. The van der Waals surface area contributed by atoms with E-state index in [9.17, 15) is 9.59 Å². The molecule has 8 nitrogen and oxygen atoms in total. The second kappa shape index (κ2) is 15.2. The van der Waals surface area contributed by atoms with Crippen molar-refractivity contribution >= 4 is 23.3 Å². The molecule has 44 heavy (non-hydrogen) atoms. The van der Waals surface area contributed by atoms with Gasteiger partial charge in [-0.15, -0.1) is 11.3 Å². The van der Waals surface area contributed by atoms with Gasteiger partial charge in [0.05, 0.1) is 19.9 Å². The zero-order chi connectivity index (χ0) is 30.7. The van der Waals surface area contributed by atoms with Gasteiger partial charge in [0.25, 0.3) is 5.56 Å². The molecule has 0 aliphatic carbocycles. The molecule has 226 valence electrons. The van der Waals surface area contributed by atoms with Gasteiger partial charge in [-0.3, -0.25) is 9.36 Å². The summed E-state index contributed by atoms with van der Waals surface area (Å²) in [5.41, 5.74) is 5.35. The lowest BCUT2D eigenvalue weighted by molar-refractivity contribution is -0.108. The van der Waals surface area contributed by atoms with E-state index in [4.69, 9.17) is 4.74 Å². The summed E-state index contributed by atoms with van der Waals surface area (Å²) in [6.07, 6.45) is 3.44. The zero-order valence-electron chi connectivity index (χ0n) is 25.0. The minimum Gasteiger partial charge on any atom is -0.496 e. The van der Waals surface area contributed by atoms with Crippen molar-refractivity contribution in [2.45, 2.75) is 32.6 Å². The molecule has 0 bridgehead atoms. The molecule has 0 saturated carbocycles. The highest BCUT2D eigenvalue weighted by Crippen LogP contribution is 2.31. The monoisotopic (exact) mass is 607 g/mol. The molecule has 0 radical (unpaired) electrons. The second-order valence-electron chi connectivity index (χ2n) is 10.3. The first kappa shape index (κ1) is 30.9. The van der Waals surface area contributed by atoms with E-state index in [2.05, 4.69) is 27.0 Å². The number of carbonyl (C=O) groups is 1. The average molecular weight is 608 g/mol. The fourth-order valence-electron chi connectivity index (χ4n) is 5.16. The zero-order valence-corrected chi connectivity index (χ0v) is 25.8. The van der Waals surface area contributed by atoms with E-state index in [1.54, 1.807) is 12.0 Å². The van der Waals surface area contributed by atoms with E-state index >= 15 is 0 Å². The Hall–Kier alpha value is -4.57. The summed E-state index contributed by atoms with van der Waals surface area (Å²) in [4.78, 5) is 31.8. The number of nitrogens with zero attached hydrogens (tertiary/aromatic N) is 2. The minimum absolute atomic E-state index is 0.0632. The Kier molecular flexibility index (Phi) is 10.7. The maximum absolute atomic E-state index is 13.0. The third kappa shape index (κ3) is 7.49. The van der Waals surface area contributed by atoms with E-state index in [-0.39, 0.29) is 12.1 Å². The van der Waals surface area contributed by atoms with Crippen LogP contribution in [0, 0.1) is 0 Å². The summed E-state index contributed by atoms with van der Waals surface area (Å²) in [7, 11) is 3.64. The number of thiophene rings is 1. The van der Waals surface area contributed by atoms with Gasteiger partial charge in [-0.05, 0) is 48.4 Å². The molecule has 0 saturated heterocycles. The van der Waals surface area contributed by atoms with E-state index in [0.717, 1.165) is 47.6 Å². The van der Waals surface area contributed by atoms with E-state index < -0.39 is 0 Å². The molecule has 1 aliphatic rings. The van der Waals surface area contributed by atoms with Crippen molar-refractivity contribution in [2.75, 3.05) is 26.0 Å². The van der Waals surface area contributed by atoms with Crippen molar-refractivity contribution in [3.63, 3.8) is 0 Å². The van der Waals surface area contributed by atoms with Gasteiger partial charge < -0.3 is 25.5 Å². The van der Waals surface area contributed by atoms with Crippen LogP contribution in [-0.2, 0) is 37.4 Å². The van der Waals surface area contributed by atoms with Crippen molar-refractivity contribution in [2.24, 2.45) is 0 Å². The topological polar surface area (TPSA) is 97.3 Å². The van der Waals surface area contributed by atoms with Crippen LogP contribution >= 0.6 is 11.3 Å². The number of methoxy groups -OCH3 is 1. The molecule has 1 aliphatic heterocycles. The van der Waals surface area contributed by atoms with Gasteiger partial charge in [-0.1, -0.05) is 66.7 Å². The highest BCUT2D eigenvalue weighted by molar-refractivity contribution is 7.12. The summed E-state index contributed by atoms with van der Waals surface area (Å²) >= 11 is 1.96. The van der Waals surface area contributed by atoms with Crippen LogP contribution in [0.1, 0.15) is 20.9 Å². The lowest BCUT2D eigenvalue weighted by atomic mass is 10.0. The number of hydrogen-bond donors (Lipinski definition) is 3. The van der Waals surface area contributed by atoms with Crippen molar-refractivity contribution in [3.05, 3.63) is 122 Å². The van der Waals surface area contributed by atoms with E-state index in [1.165, 1.54) is 27.6 Å². The first-order valence-electron chi connectivity index (χ1n) is 14.6. The van der Waals surface area contributed by atoms with Crippen LogP contribution in [0.2, 0.25) is 0 Å². The Morgan fingerprint density at radius 3 is 2.43 bits per heavy atom. The Morgan fingerprint density at radius 1 is 1.00 bits per heavy atom. The molecule has 6 rings (SSSR count). The molecule has 2 aromatic heterocycles. The lowest BCUT2D eigenvalue weighted by Crippen LogP contribution is -2.26. The average Bonchev–Trinajstić information content (AvgIpc) is 3.49. The Balaban J connectivity index is 0.000000266. The van der Waals surface area contributed by atoms with Crippen LogP contribution in [0.3, 0.4) is 0 Å². The summed E-state index contributed by atoms with van der Waals surface area (Å²) in [5.74, 6) is 1.24. The van der Waals surface area contributed by atoms with Crippen LogP contribution < -0.4 is 26.2 Å². The van der Waals surface area contributed by atoms with Crippen molar-refractivity contribution < 1.29 is 9.53 Å². The summed E-state index contributed by atoms with van der Waals surface area (Å²) in [6, 6.07) is 27.6. The van der Waals surface area contributed by atoms with Gasteiger partial charge in [0.15, 0.2) is 0 Å². The van der Waals surface area contributed by atoms with Gasteiger partial charge in [0.1, 0.15) is 23.5 Å². The van der Waals surface area contributed by atoms with Gasteiger partial charge in [-0.25, -0.2) is 4.98 Å². The van der Waals surface area contributed by atoms with Crippen molar-refractivity contribution in [3.8, 4) is 28.3 Å². The van der Waals surface area contributed by atoms with E-state index in [1.807, 2.05) is 97.2 Å². The Labute approximate surface area is 261 Å². The normalized spacial score (nSPS) is 12.0. The van der Waals surface area contributed by atoms with E-state index in [0.29, 0.717) is 24.3 Å². The van der Waals surface area contributed by atoms with Crippen molar-refractivity contribution in [1.29, 1.82) is 0 Å². The number of benzene rings is 3. The number of aromatic nitrogens is 2. The molecule has 0 amide bonds. The molecule has 3 aromatic carbocycles. The fraction of sp³-hybridized carbons (Fsp3) is 0.229. The number of nitrogens with one attached hydrogen (secondary N) is 3. The number of anilines is 1. The van der Waals surface area contributed by atoms with Crippen LogP contribution in [0.5, 0.6) is 5.75 Å². The predicted molar refractivity (Wildman–Crippen MR) is 178 cm³/mol. The number of hydrogen-bond acceptors (Lipinski definition) is 8. The molecule has 0 spiro atoms. The lowest BCUT2D eigenvalue weighted by Gasteiger charge is -2.14. The predicted octanol–water partition coefficient (Wildman–Crippen LogP) is 5.51. The van der Waals surface area contributed by atoms with Crippen LogP contribution in [-0.4, -0.2) is 36.5 Å². The molecule has 0 atom stereocenters. The van der Waals surface area contributed by atoms with Crippen molar-refractivity contribution in [1.82, 2.24) is 20.2 Å². The maximum Gasteiger partial charge on any atom is 0.277 e. The summed E-state index contributed by atoms with van der Waals surface area (Å²) < 4.78 is 6.90. The molecular weight excluding hydrogens is 570 g/mol. The number of ether oxygens (including phenoxy) is 1. The molecule has 0 fully saturated rings. The van der Waals surface area contributed by atoms with Crippen LogP contribution in [0.15, 0.2) is 95.9 Å². The fourth-order valence-corrected chi connectivity index (χ4v) is 6.36. The number of aldehydes is 1. The molecule has 5 aromatic rings. The highest BCUT2D eigenvalue weighted by Gasteiger charge is 2.14. The molecule has 3 N–H and O–H groups in total. The number of fused-ring (bicyclic) bond motifs is 1. The Morgan fingerprint density at radius 2 is 1.75 bits per heavy atom. The smallest absolute Gasteiger partial charge is 0.277 e. The molecule has 0 unspecified atom stereocenters. The van der Waals surface area contributed by atoms with Gasteiger partial charge in [-0.2, -0.15) is 0 Å². The number of rotatable bonds is 10. The minimum atomic E-state index is -0.289. The first-order chi connectivity index (χ1) is 21.6. The molecule has 9 heteroatoms. The maximum atomic E-state index is 13.0. The quantitative estimate of drug-likeness (QED) is 0.180. The number of carbonyl (C=O) groups excluding carboxylic acids is 1. The van der Waals surface area contributed by atoms with Gasteiger partial charge in [0, 0.05) is 47.1 Å². The second-order valence-corrected chi connectivity index (χ2v) is 11.5. The SMILES string of the molecule is CNCc1cc2c(s1)CCNC2.COc1ccc(CNc2cnc(-c3ccccc3)n(CC=O)c2=O)cc1-c1ccccc1. The summed E-state index contributed by atoms with van der Waals surface area (Å²) in [5, 5.41) is 9.74. The highest BCUT2D eigenvalue weighted by atomic mass is 32.1. The van der Waals surface area contributed by atoms with Gasteiger partial charge >= 0.3 is 0 Å². The van der Waals surface area contributed by atoms with Crippen LogP contribution in [0.25, 0.3) is 22.5 Å². The summed E-state index contributed by atoms with van der Waals surface area (Å²) in [6.45, 7) is 3.58. The van der Waals surface area contributed by atoms with Crippen LogP contribution in [0.4, 0.5) is 5.69 Å². The molecular formula is C35H37N5O3S. The van der Waals surface area contributed by atoms with Gasteiger partial charge in [0.2, 0.25) is 0 Å². The Bertz CT molecular complexity index is 1710.